The second-order valence-electron chi connectivity index (χ2n) is 4.71. The number of fused-ring (bicyclic) bond motifs is 1. The van der Waals surface area contributed by atoms with Gasteiger partial charge in [-0.2, -0.15) is 0 Å². The van der Waals surface area contributed by atoms with Crippen molar-refractivity contribution < 1.29 is 4.79 Å². The van der Waals surface area contributed by atoms with Gasteiger partial charge in [0, 0.05) is 6.42 Å². The van der Waals surface area contributed by atoms with E-state index in [0.717, 1.165) is 6.42 Å². The molecule has 0 aromatic carbocycles. The highest BCUT2D eigenvalue weighted by molar-refractivity contribution is 5.92. The molecule has 1 fully saturated rings. The predicted octanol–water partition coefficient (Wildman–Crippen LogP) is 2.18. The lowest BCUT2D eigenvalue weighted by atomic mass is 9.64. The van der Waals surface area contributed by atoms with Crippen molar-refractivity contribution in [3.8, 4) is 0 Å². The highest BCUT2D eigenvalue weighted by Gasteiger charge is 2.57. The Morgan fingerprint density at radius 1 is 1.45 bits per heavy atom. The minimum Gasteiger partial charge on any atom is -0.299 e. The third kappa shape index (κ3) is 0.640. The van der Waals surface area contributed by atoms with Gasteiger partial charge in [-0.1, -0.05) is 26.0 Å². The van der Waals surface area contributed by atoms with Gasteiger partial charge < -0.3 is 0 Å². The molecular formula is C10H14O. The van der Waals surface area contributed by atoms with Gasteiger partial charge in [0.05, 0.1) is 5.41 Å². The first-order valence-electron chi connectivity index (χ1n) is 4.19. The van der Waals surface area contributed by atoms with E-state index in [0.29, 0.717) is 11.7 Å². The van der Waals surface area contributed by atoms with Crippen molar-refractivity contribution in [3.05, 3.63) is 12.2 Å². The summed E-state index contributed by atoms with van der Waals surface area (Å²) in [5, 5.41) is 0. The van der Waals surface area contributed by atoms with Crippen LogP contribution in [0.4, 0.5) is 0 Å². The zero-order valence-corrected chi connectivity index (χ0v) is 7.35. The molecule has 1 saturated carbocycles. The summed E-state index contributed by atoms with van der Waals surface area (Å²) >= 11 is 0. The van der Waals surface area contributed by atoms with E-state index in [4.69, 9.17) is 0 Å². The van der Waals surface area contributed by atoms with Crippen LogP contribution in [-0.2, 0) is 4.79 Å². The molecular weight excluding hydrogens is 136 g/mol. The van der Waals surface area contributed by atoms with Crippen molar-refractivity contribution in [1.29, 1.82) is 0 Å². The molecule has 11 heavy (non-hydrogen) atoms. The molecule has 1 nitrogen and oxygen atoms in total. The second-order valence-corrected chi connectivity index (χ2v) is 4.71. The quantitative estimate of drug-likeness (QED) is 0.484. The minimum absolute atomic E-state index is 0.0937. The molecule has 60 valence electrons. The van der Waals surface area contributed by atoms with Crippen LogP contribution in [0.3, 0.4) is 0 Å². The van der Waals surface area contributed by atoms with Crippen LogP contribution in [0.25, 0.3) is 0 Å². The van der Waals surface area contributed by atoms with Crippen molar-refractivity contribution in [2.24, 2.45) is 16.7 Å². The lowest BCUT2D eigenvalue weighted by Gasteiger charge is -2.38. The van der Waals surface area contributed by atoms with E-state index >= 15 is 0 Å². The van der Waals surface area contributed by atoms with Gasteiger partial charge in [-0.15, -0.1) is 0 Å². The molecule has 0 heterocycles. The molecule has 0 bridgehead atoms. The van der Waals surface area contributed by atoms with Gasteiger partial charge in [0.1, 0.15) is 5.78 Å². The summed E-state index contributed by atoms with van der Waals surface area (Å²) in [5.41, 5.74) is 0.115. The smallest absolute Gasteiger partial charge is 0.143 e. The molecule has 0 spiro atoms. The molecule has 2 atom stereocenters. The lowest BCUT2D eigenvalue weighted by Crippen LogP contribution is -2.35. The molecule has 0 radical (unpaired) electrons. The van der Waals surface area contributed by atoms with E-state index < -0.39 is 0 Å². The van der Waals surface area contributed by atoms with Crippen LogP contribution in [0.5, 0.6) is 0 Å². The van der Waals surface area contributed by atoms with Gasteiger partial charge in [0.15, 0.2) is 0 Å². The van der Waals surface area contributed by atoms with Gasteiger partial charge in [-0.25, -0.2) is 0 Å². The molecule has 0 aliphatic heterocycles. The van der Waals surface area contributed by atoms with Crippen molar-refractivity contribution in [3.63, 3.8) is 0 Å². The fourth-order valence-electron chi connectivity index (χ4n) is 2.53. The van der Waals surface area contributed by atoms with Crippen molar-refractivity contribution in [2.45, 2.75) is 27.2 Å². The number of allylic oxidation sites excluding steroid dienone is 2. The maximum atomic E-state index is 11.5. The molecule has 2 aliphatic rings. The summed E-state index contributed by atoms with van der Waals surface area (Å²) in [6, 6.07) is 0. The van der Waals surface area contributed by atoms with E-state index in [1.807, 2.05) is 0 Å². The van der Waals surface area contributed by atoms with E-state index in [1.54, 1.807) is 0 Å². The van der Waals surface area contributed by atoms with E-state index in [1.165, 1.54) is 0 Å². The molecule has 0 saturated heterocycles. The van der Waals surface area contributed by atoms with Crippen LogP contribution in [0, 0.1) is 16.7 Å². The average molecular weight is 150 g/mol. The molecule has 0 N–H and O–H groups in total. The Bertz CT molecular complexity index is 250. The summed E-state index contributed by atoms with van der Waals surface area (Å²) in [7, 11) is 0. The Morgan fingerprint density at radius 3 is 2.27 bits per heavy atom. The van der Waals surface area contributed by atoms with Gasteiger partial charge >= 0.3 is 0 Å². The van der Waals surface area contributed by atoms with E-state index in [2.05, 4.69) is 32.9 Å². The Labute approximate surface area is 67.5 Å². The standard InChI is InChI=1S/C10H14O/c1-9(2)6-8(11)10(3)5-4-7(9)10/h4-5,7H,6H2,1-3H3/t7-,10-/m1/s1. The first-order valence-corrected chi connectivity index (χ1v) is 4.19. The molecule has 2 rings (SSSR count). The van der Waals surface area contributed by atoms with Gasteiger partial charge in [0.25, 0.3) is 0 Å². The third-order valence-corrected chi connectivity index (χ3v) is 3.34. The highest BCUT2D eigenvalue weighted by Crippen LogP contribution is 2.58. The number of hydrogen-bond acceptors (Lipinski definition) is 1. The van der Waals surface area contributed by atoms with E-state index in [9.17, 15) is 4.79 Å². The summed E-state index contributed by atoms with van der Waals surface area (Å²) < 4.78 is 0. The highest BCUT2D eigenvalue weighted by atomic mass is 16.1. The van der Waals surface area contributed by atoms with Gasteiger partial charge in [0.2, 0.25) is 0 Å². The maximum absolute atomic E-state index is 11.5. The Balaban J connectivity index is 2.44. The SMILES string of the molecule is CC1(C)CC(=O)[C@]2(C)C=C[C@H]12. The molecule has 0 aromatic heterocycles. The van der Waals surface area contributed by atoms with Crippen molar-refractivity contribution in [1.82, 2.24) is 0 Å². The monoisotopic (exact) mass is 150 g/mol. The largest absolute Gasteiger partial charge is 0.299 e. The van der Waals surface area contributed by atoms with E-state index in [-0.39, 0.29) is 10.8 Å². The Kier molecular flexibility index (Phi) is 1.03. The second kappa shape index (κ2) is 1.60. The first-order chi connectivity index (χ1) is 4.97. The molecule has 0 unspecified atom stereocenters. The normalized spacial score (nSPS) is 45.4. The predicted molar refractivity (Wildman–Crippen MR) is 44.1 cm³/mol. The topological polar surface area (TPSA) is 17.1 Å². The zero-order valence-electron chi connectivity index (χ0n) is 7.35. The van der Waals surface area contributed by atoms with Crippen LogP contribution in [0.2, 0.25) is 0 Å². The number of Topliss-reactive ketones (excluding diaryl/α,β-unsaturated/α-hetero) is 1. The maximum Gasteiger partial charge on any atom is 0.143 e. The lowest BCUT2D eigenvalue weighted by molar-refractivity contribution is -0.124. The van der Waals surface area contributed by atoms with Crippen molar-refractivity contribution in [2.75, 3.05) is 0 Å². The van der Waals surface area contributed by atoms with Gasteiger partial charge in [-0.3, -0.25) is 4.79 Å². The first kappa shape index (κ1) is 7.08. The third-order valence-electron chi connectivity index (χ3n) is 3.34. The summed E-state index contributed by atoms with van der Waals surface area (Å²) in [6.07, 6.45) is 5.00. The Morgan fingerprint density at radius 2 is 2.09 bits per heavy atom. The van der Waals surface area contributed by atoms with Crippen molar-refractivity contribution >= 4 is 5.78 Å². The number of carbonyl (C=O) groups is 1. The van der Waals surface area contributed by atoms with Gasteiger partial charge in [-0.05, 0) is 18.3 Å². The summed E-state index contributed by atoms with van der Waals surface area (Å²) in [6.45, 7) is 6.43. The average Bonchev–Trinajstić information content (AvgIpc) is 1.88. The fourth-order valence-corrected chi connectivity index (χ4v) is 2.53. The molecule has 0 aromatic rings. The summed E-state index contributed by atoms with van der Waals surface area (Å²) in [4.78, 5) is 11.5. The van der Waals surface area contributed by atoms with Crippen LogP contribution < -0.4 is 0 Å². The van der Waals surface area contributed by atoms with Crippen LogP contribution >= 0.6 is 0 Å². The summed E-state index contributed by atoms with van der Waals surface area (Å²) in [5.74, 6) is 0.928. The number of rotatable bonds is 0. The number of hydrogen-bond donors (Lipinski definition) is 0. The van der Waals surface area contributed by atoms with Crippen LogP contribution in [0.15, 0.2) is 12.2 Å². The molecule has 0 amide bonds. The number of carbonyl (C=O) groups excluding carboxylic acids is 1. The zero-order chi connectivity index (χ0) is 8.28. The van der Waals surface area contributed by atoms with Crippen LogP contribution in [-0.4, -0.2) is 5.78 Å². The Hall–Kier alpha value is -0.590. The minimum atomic E-state index is -0.0937. The number of ketones is 1. The molecule has 2 aliphatic carbocycles. The fraction of sp³-hybridized carbons (Fsp3) is 0.700. The molecule has 1 heteroatoms. The van der Waals surface area contributed by atoms with Crippen LogP contribution in [0.1, 0.15) is 27.2 Å².